The summed E-state index contributed by atoms with van der Waals surface area (Å²) >= 11 is 0. The van der Waals surface area contributed by atoms with Gasteiger partial charge in [0, 0.05) is 32.4 Å². The molecule has 1 aliphatic heterocycles. The predicted molar refractivity (Wildman–Crippen MR) is 54.9 cm³/mol. The molecule has 1 aliphatic rings. The number of nitrogens with zero attached hydrogens (tertiary/aromatic N) is 1. The first-order chi connectivity index (χ1) is 6.51. The van der Waals surface area contributed by atoms with Crippen LogP contribution in [-0.2, 0) is 14.6 Å². The molecule has 0 bridgehead atoms. The lowest BCUT2D eigenvalue weighted by atomic mass is 10.3. The minimum atomic E-state index is -2.86. The van der Waals surface area contributed by atoms with Gasteiger partial charge in [-0.2, -0.15) is 0 Å². The highest BCUT2D eigenvalue weighted by molar-refractivity contribution is 7.90. The smallest absolute Gasteiger partial charge is 0.148 e. The van der Waals surface area contributed by atoms with Crippen molar-refractivity contribution >= 4 is 9.84 Å². The summed E-state index contributed by atoms with van der Waals surface area (Å²) in [4.78, 5) is 2.09. The number of nitrogens with two attached hydrogens (primary N) is 1. The first-order valence-corrected chi connectivity index (χ1v) is 6.79. The van der Waals surface area contributed by atoms with Crippen LogP contribution in [0.1, 0.15) is 0 Å². The molecule has 0 aromatic rings. The molecule has 1 fully saturated rings. The Kier molecular flexibility index (Phi) is 4.31. The number of rotatable bonds is 4. The summed E-state index contributed by atoms with van der Waals surface area (Å²) in [6.07, 6.45) is 1.32. The summed E-state index contributed by atoms with van der Waals surface area (Å²) in [6.45, 7) is 3.26. The van der Waals surface area contributed by atoms with Crippen LogP contribution in [0.2, 0.25) is 0 Å². The van der Waals surface area contributed by atoms with Crippen molar-refractivity contribution in [3.63, 3.8) is 0 Å². The van der Waals surface area contributed by atoms with Crippen molar-refractivity contribution in [2.24, 2.45) is 5.73 Å². The van der Waals surface area contributed by atoms with Crippen LogP contribution in [-0.4, -0.2) is 64.2 Å². The summed E-state index contributed by atoms with van der Waals surface area (Å²) in [7, 11) is -2.86. The second kappa shape index (κ2) is 5.06. The molecule has 0 radical (unpaired) electrons. The molecule has 0 saturated carbocycles. The number of ether oxygens (including phenoxy) is 1. The summed E-state index contributed by atoms with van der Waals surface area (Å²) in [5.41, 5.74) is 5.48. The van der Waals surface area contributed by atoms with E-state index in [1.807, 2.05) is 0 Å². The van der Waals surface area contributed by atoms with Gasteiger partial charge in [0.25, 0.3) is 0 Å². The molecule has 84 valence electrons. The molecule has 0 aromatic heterocycles. The molecule has 6 heteroatoms. The molecule has 0 spiro atoms. The minimum absolute atomic E-state index is 0.0586. The van der Waals surface area contributed by atoms with E-state index in [0.717, 1.165) is 13.1 Å². The van der Waals surface area contributed by atoms with E-state index in [0.29, 0.717) is 19.7 Å². The second-order valence-corrected chi connectivity index (χ2v) is 5.92. The third-order valence-electron chi connectivity index (χ3n) is 2.26. The normalized spacial score (nSPS) is 25.1. The van der Waals surface area contributed by atoms with Crippen molar-refractivity contribution in [1.82, 2.24) is 4.90 Å². The highest BCUT2D eigenvalue weighted by Gasteiger charge is 2.19. The van der Waals surface area contributed by atoms with Crippen molar-refractivity contribution in [3.05, 3.63) is 0 Å². The number of morpholine rings is 1. The maximum atomic E-state index is 10.9. The van der Waals surface area contributed by atoms with Gasteiger partial charge in [-0.15, -0.1) is 0 Å². The molecule has 1 saturated heterocycles. The zero-order valence-corrected chi connectivity index (χ0v) is 9.29. The van der Waals surface area contributed by atoms with E-state index >= 15 is 0 Å². The van der Waals surface area contributed by atoms with Crippen LogP contribution in [0.15, 0.2) is 0 Å². The second-order valence-electron chi connectivity index (χ2n) is 3.66. The molecule has 1 unspecified atom stereocenters. The van der Waals surface area contributed by atoms with E-state index in [1.165, 1.54) is 6.26 Å². The zero-order valence-electron chi connectivity index (χ0n) is 8.48. The molecular formula is C8H18N2O3S. The minimum Gasteiger partial charge on any atom is -0.374 e. The lowest BCUT2D eigenvalue weighted by Gasteiger charge is -2.31. The Labute approximate surface area is 85.1 Å². The molecule has 1 atom stereocenters. The standard InChI is InChI=1S/C8H18N2O3S/c1-14(11,12)5-3-10-2-4-13-8(6-9)7-10/h8H,2-7,9H2,1H3. The molecule has 5 nitrogen and oxygen atoms in total. The van der Waals surface area contributed by atoms with Gasteiger partial charge in [0.05, 0.1) is 18.5 Å². The van der Waals surface area contributed by atoms with Gasteiger partial charge in [-0.1, -0.05) is 0 Å². The molecule has 0 aliphatic carbocycles. The highest BCUT2D eigenvalue weighted by atomic mass is 32.2. The predicted octanol–water partition coefficient (Wildman–Crippen LogP) is -1.31. The van der Waals surface area contributed by atoms with Gasteiger partial charge in [-0.3, -0.25) is 4.90 Å². The number of hydrogen-bond acceptors (Lipinski definition) is 5. The molecular weight excluding hydrogens is 204 g/mol. The van der Waals surface area contributed by atoms with Crippen molar-refractivity contribution in [3.8, 4) is 0 Å². The van der Waals surface area contributed by atoms with Gasteiger partial charge in [-0.25, -0.2) is 8.42 Å². The van der Waals surface area contributed by atoms with E-state index in [9.17, 15) is 8.42 Å². The van der Waals surface area contributed by atoms with Crippen LogP contribution < -0.4 is 5.73 Å². The van der Waals surface area contributed by atoms with Crippen LogP contribution in [0, 0.1) is 0 Å². The zero-order chi connectivity index (χ0) is 10.6. The SMILES string of the molecule is CS(=O)(=O)CCN1CCOC(CN)C1. The number of hydrogen-bond donors (Lipinski definition) is 1. The Bertz CT molecular complexity index is 266. The molecule has 2 N–H and O–H groups in total. The van der Waals surface area contributed by atoms with Gasteiger partial charge >= 0.3 is 0 Å². The monoisotopic (exact) mass is 222 g/mol. The molecule has 14 heavy (non-hydrogen) atoms. The van der Waals surface area contributed by atoms with Crippen LogP contribution in [0.25, 0.3) is 0 Å². The Hall–Kier alpha value is -0.170. The van der Waals surface area contributed by atoms with Crippen LogP contribution in [0.5, 0.6) is 0 Å². The molecule has 0 amide bonds. The van der Waals surface area contributed by atoms with Gasteiger partial charge in [-0.05, 0) is 0 Å². The van der Waals surface area contributed by atoms with Crippen LogP contribution >= 0.6 is 0 Å². The fraction of sp³-hybridized carbons (Fsp3) is 1.00. The van der Waals surface area contributed by atoms with Gasteiger partial charge in [0.2, 0.25) is 0 Å². The Morgan fingerprint density at radius 1 is 1.57 bits per heavy atom. The topological polar surface area (TPSA) is 72.6 Å². The van der Waals surface area contributed by atoms with E-state index in [1.54, 1.807) is 0 Å². The van der Waals surface area contributed by atoms with E-state index in [4.69, 9.17) is 10.5 Å². The molecule has 1 rings (SSSR count). The van der Waals surface area contributed by atoms with Gasteiger partial charge in [0.15, 0.2) is 0 Å². The Morgan fingerprint density at radius 3 is 2.86 bits per heavy atom. The summed E-state index contributed by atoms with van der Waals surface area (Å²) in [6, 6.07) is 0. The molecule has 1 heterocycles. The first-order valence-electron chi connectivity index (χ1n) is 4.73. The highest BCUT2D eigenvalue weighted by Crippen LogP contribution is 2.03. The lowest BCUT2D eigenvalue weighted by Crippen LogP contribution is -2.46. The fourth-order valence-electron chi connectivity index (χ4n) is 1.42. The summed E-state index contributed by atoms with van der Waals surface area (Å²) < 4.78 is 27.3. The van der Waals surface area contributed by atoms with E-state index in [-0.39, 0.29) is 11.9 Å². The average molecular weight is 222 g/mol. The number of sulfone groups is 1. The third-order valence-corrected chi connectivity index (χ3v) is 3.19. The lowest BCUT2D eigenvalue weighted by molar-refractivity contribution is -0.0209. The average Bonchev–Trinajstić information content (AvgIpc) is 2.14. The fourth-order valence-corrected chi connectivity index (χ4v) is 2.01. The van der Waals surface area contributed by atoms with Crippen LogP contribution in [0.3, 0.4) is 0 Å². The molecule has 0 aromatic carbocycles. The summed E-state index contributed by atoms with van der Waals surface area (Å²) in [5.74, 6) is 0.213. The van der Waals surface area contributed by atoms with E-state index < -0.39 is 9.84 Å². The summed E-state index contributed by atoms with van der Waals surface area (Å²) in [5, 5.41) is 0. The third kappa shape index (κ3) is 4.36. The van der Waals surface area contributed by atoms with E-state index in [2.05, 4.69) is 4.90 Å². The van der Waals surface area contributed by atoms with Crippen molar-refractivity contribution in [2.45, 2.75) is 6.10 Å². The quantitative estimate of drug-likeness (QED) is 0.639. The van der Waals surface area contributed by atoms with Gasteiger partial charge in [0.1, 0.15) is 9.84 Å². The van der Waals surface area contributed by atoms with Crippen molar-refractivity contribution in [2.75, 3.05) is 44.8 Å². The Balaban J connectivity index is 2.31. The Morgan fingerprint density at radius 2 is 2.29 bits per heavy atom. The van der Waals surface area contributed by atoms with Crippen LogP contribution in [0.4, 0.5) is 0 Å². The maximum Gasteiger partial charge on any atom is 0.148 e. The van der Waals surface area contributed by atoms with Crippen molar-refractivity contribution < 1.29 is 13.2 Å². The largest absolute Gasteiger partial charge is 0.374 e. The maximum absolute atomic E-state index is 10.9. The first kappa shape index (κ1) is 11.9. The van der Waals surface area contributed by atoms with Crippen molar-refractivity contribution in [1.29, 1.82) is 0 Å². The van der Waals surface area contributed by atoms with Gasteiger partial charge < -0.3 is 10.5 Å².